The minimum Gasteiger partial charge on any atom is -0.481 e. The third-order valence-corrected chi connectivity index (χ3v) is 3.36. The number of aliphatic carboxylic acids is 1. The molecule has 1 amide bonds. The molecule has 1 aliphatic rings. The Morgan fingerprint density at radius 1 is 1.42 bits per heavy atom. The Kier molecular flexibility index (Phi) is 4.65. The highest BCUT2D eigenvalue weighted by atomic mass is 19.4. The summed E-state index contributed by atoms with van der Waals surface area (Å²) in [5.74, 6) is -1.08. The number of alkyl halides is 3. The number of ether oxygens (including phenoxy) is 1. The maximum Gasteiger partial charge on any atom is 0.422 e. The van der Waals surface area contributed by atoms with Crippen LogP contribution in [0.3, 0.4) is 0 Å². The second-order valence-corrected chi connectivity index (χ2v) is 4.86. The van der Waals surface area contributed by atoms with Gasteiger partial charge in [0.05, 0.1) is 5.41 Å². The molecule has 1 rings (SSSR count). The van der Waals surface area contributed by atoms with Crippen molar-refractivity contribution in [3.8, 4) is 0 Å². The Bertz CT molecular complexity index is 358. The number of carbonyl (C=O) groups excluding carboxylic acids is 1. The van der Waals surface area contributed by atoms with Crippen LogP contribution in [0, 0.1) is 5.41 Å². The fourth-order valence-electron chi connectivity index (χ4n) is 2.15. The van der Waals surface area contributed by atoms with Crippen molar-refractivity contribution in [3.05, 3.63) is 0 Å². The van der Waals surface area contributed by atoms with E-state index in [1.54, 1.807) is 0 Å². The predicted molar refractivity (Wildman–Crippen MR) is 58.5 cm³/mol. The van der Waals surface area contributed by atoms with Gasteiger partial charge in [-0.2, -0.15) is 13.2 Å². The molecular formula is C11H16F3NO4. The van der Waals surface area contributed by atoms with E-state index < -0.39 is 36.3 Å². The van der Waals surface area contributed by atoms with Gasteiger partial charge >= 0.3 is 18.2 Å². The van der Waals surface area contributed by atoms with Crippen molar-refractivity contribution < 1.29 is 32.6 Å². The average molecular weight is 283 g/mol. The molecule has 2 atom stereocenters. The summed E-state index contributed by atoms with van der Waals surface area (Å²) in [5.41, 5.74) is -1.17. The van der Waals surface area contributed by atoms with E-state index in [2.05, 4.69) is 10.1 Å². The molecule has 0 spiro atoms. The summed E-state index contributed by atoms with van der Waals surface area (Å²) in [7, 11) is 0. The lowest BCUT2D eigenvalue weighted by Gasteiger charge is -2.37. The van der Waals surface area contributed by atoms with Crippen molar-refractivity contribution in [3.63, 3.8) is 0 Å². The highest BCUT2D eigenvalue weighted by Gasteiger charge is 2.44. The summed E-state index contributed by atoms with van der Waals surface area (Å²) in [5, 5.41) is 11.4. The van der Waals surface area contributed by atoms with Crippen LogP contribution in [0.1, 0.15) is 32.6 Å². The van der Waals surface area contributed by atoms with E-state index in [9.17, 15) is 22.8 Å². The Hall–Kier alpha value is -1.47. The number of hydrogen-bond acceptors (Lipinski definition) is 3. The summed E-state index contributed by atoms with van der Waals surface area (Å²) >= 11 is 0. The Balaban J connectivity index is 2.58. The Morgan fingerprint density at radius 3 is 2.58 bits per heavy atom. The van der Waals surface area contributed by atoms with Crippen LogP contribution in [0.4, 0.5) is 18.0 Å². The van der Waals surface area contributed by atoms with Gasteiger partial charge in [-0.15, -0.1) is 0 Å². The first kappa shape index (κ1) is 15.6. The molecule has 0 aromatic rings. The lowest BCUT2D eigenvalue weighted by atomic mass is 9.72. The zero-order valence-corrected chi connectivity index (χ0v) is 10.4. The van der Waals surface area contributed by atoms with E-state index in [1.165, 1.54) is 6.92 Å². The third-order valence-electron chi connectivity index (χ3n) is 3.36. The van der Waals surface area contributed by atoms with Crippen LogP contribution in [0.2, 0.25) is 0 Å². The van der Waals surface area contributed by atoms with Gasteiger partial charge in [0.15, 0.2) is 6.61 Å². The van der Waals surface area contributed by atoms with Crippen LogP contribution >= 0.6 is 0 Å². The van der Waals surface area contributed by atoms with Gasteiger partial charge in [0.2, 0.25) is 0 Å². The number of hydrogen-bond donors (Lipinski definition) is 2. The number of alkyl carbamates (subject to hydrolysis) is 1. The Morgan fingerprint density at radius 2 is 2.05 bits per heavy atom. The lowest BCUT2D eigenvalue weighted by molar-refractivity contribution is -0.161. The zero-order valence-electron chi connectivity index (χ0n) is 10.4. The van der Waals surface area contributed by atoms with Crippen LogP contribution < -0.4 is 5.32 Å². The molecule has 5 nitrogen and oxygen atoms in total. The van der Waals surface area contributed by atoms with Gasteiger partial charge in [-0.1, -0.05) is 12.8 Å². The number of amides is 1. The van der Waals surface area contributed by atoms with Crippen molar-refractivity contribution in [2.24, 2.45) is 5.41 Å². The molecular weight excluding hydrogens is 267 g/mol. The molecule has 0 saturated heterocycles. The maximum atomic E-state index is 11.9. The number of halogens is 3. The van der Waals surface area contributed by atoms with Gasteiger partial charge in [0.25, 0.3) is 0 Å². The van der Waals surface area contributed by atoms with Crippen LogP contribution in [0.15, 0.2) is 0 Å². The normalized spacial score (nSPS) is 27.7. The second-order valence-electron chi connectivity index (χ2n) is 4.86. The van der Waals surface area contributed by atoms with E-state index >= 15 is 0 Å². The molecule has 8 heteroatoms. The van der Waals surface area contributed by atoms with Crippen molar-refractivity contribution >= 4 is 12.1 Å². The quantitative estimate of drug-likeness (QED) is 0.833. The Labute approximate surface area is 108 Å². The summed E-state index contributed by atoms with van der Waals surface area (Å²) in [4.78, 5) is 22.5. The topological polar surface area (TPSA) is 75.6 Å². The number of rotatable bonds is 3. The molecule has 0 bridgehead atoms. The zero-order chi connectivity index (χ0) is 14.7. The molecule has 0 aromatic carbocycles. The van der Waals surface area contributed by atoms with Crippen molar-refractivity contribution in [2.75, 3.05) is 6.61 Å². The van der Waals surface area contributed by atoms with E-state index in [-0.39, 0.29) is 0 Å². The molecule has 1 saturated carbocycles. The second kappa shape index (κ2) is 5.66. The SMILES string of the molecule is CC1(C(=O)O)CCCCC1NC(=O)OCC(F)(F)F. The maximum absolute atomic E-state index is 11.9. The van der Waals surface area contributed by atoms with Crippen molar-refractivity contribution in [1.29, 1.82) is 0 Å². The third kappa shape index (κ3) is 4.29. The standard InChI is InChI=1S/C11H16F3NO4/c1-10(8(16)17)5-3-2-4-7(10)15-9(18)19-6-11(12,13)14/h7H,2-6H2,1H3,(H,15,18)(H,16,17). The minimum absolute atomic E-state index is 0.368. The van der Waals surface area contributed by atoms with Gasteiger partial charge in [-0.25, -0.2) is 4.79 Å². The highest BCUT2D eigenvalue weighted by molar-refractivity contribution is 5.77. The molecule has 1 aliphatic carbocycles. The number of carboxylic acids is 1. The largest absolute Gasteiger partial charge is 0.481 e. The highest BCUT2D eigenvalue weighted by Crippen LogP contribution is 2.36. The van der Waals surface area contributed by atoms with Crippen molar-refractivity contribution in [2.45, 2.75) is 44.8 Å². The molecule has 0 radical (unpaired) electrons. The first-order chi connectivity index (χ1) is 8.65. The van der Waals surface area contributed by atoms with E-state index in [4.69, 9.17) is 5.11 Å². The molecule has 2 N–H and O–H groups in total. The van der Waals surface area contributed by atoms with Gasteiger partial charge in [0, 0.05) is 6.04 Å². The first-order valence-electron chi connectivity index (χ1n) is 5.88. The number of nitrogens with one attached hydrogen (secondary N) is 1. The fraction of sp³-hybridized carbons (Fsp3) is 0.818. The summed E-state index contributed by atoms with van der Waals surface area (Å²) in [6, 6.07) is -0.723. The molecule has 0 heterocycles. The predicted octanol–water partition coefficient (Wildman–Crippen LogP) is 2.31. The molecule has 0 aromatic heterocycles. The minimum atomic E-state index is -4.60. The molecule has 19 heavy (non-hydrogen) atoms. The molecule has 0 aliphatic heterocycles. The van der Waals surface area contributed by atoms with Crippen LogP contribution in [-0.2, 0) is 9.53 Å². The van der Waals surface area contributed by atoms with E-state index in [0.29, 0.717) is 25.7 Å². The van der Waals surface area contributed by atoms with Crippen LogP contribution in [-0.4, -0.2) is 36.0 Å². The summed E-state index contributed by atoms with van der Waals surface area (Å²) in [6.45, 7) is -0.210. The van der Waals surface area contributed by atoms with E-state index in [1.807, 2.05) is 0 Å². The summed E-state index contributed by atoms with van der Waals surface area (Å²) in [6.07, 6.45) is -3.64. The van der Waals surface area contributed by atoms with Crippen LogP contribution in [0.5, 0.6) is 0 Å². The summed E-state index contributed by atoms with van der Waals surface area (Å²) < 4.78 is 39.6. The van der Waals surface area contributed by atoms with Gasteiger partial charge in [-0.05, 0) is 19.8 Å². The average Bonchev–Trinajstić information content (AvgIpc) is 2.28. The number of carboxylic acid groups (broad SMARTS) is 1. The lowest BCUT2D eigenvalue weighted by Crippen LogP contribution is -2.52. The fourth-order valence-corrected chi connectivity index (χ4v) is 2.15. The van der Waals surface area contributed by atoms with Gasteiger partial charge in [-0.3, -0.25) is 4.79 Å². The number of carbonyl (C=O) groups is 2. The molecule has 1 fully saturated rings. The van der Waals surface area contributed by atoms with Crippen LogP contribution in [0.25, 0.3) is 0 Å². The molecule has 2 unspecified atom stereocenters. The van der Waals surface area contributed by atoms with E-state index in [0.717, 1.165) is 0 Å². The van der Waals surface area contributed by atoms with Gasteiger partial charge < -0.3 is 15.2 Å². The first-order valence-corrected chi connectivity index (χ1v) is 5.88. The molecule has 110 valence electrons. The van der Waals surface area contributed by atoms with Crippen molar-refractivity contribution in [1.82, 2.24) is 5.32 Å². The smallest absolute Gasteiger partial charge is 0.422 e. The monoisotopic (exact) mass is 283 g/mol. The van der Waals surface area contributed by atoms with Gasteiger partial charge in [0.1, 0.15) is 0 Å².